The smallest absolute Gasteiger partial charge is 0.161 e. The first kappa shape index (κ1) is 34.0. The molecule has 5 unspecified atom stereocenters. The van der Waals surface area contributed by atoms with Gasteiger partial charge >= 0.3 is 0 Å². The normalized spacial score (nSPS) is 37.0. The molecular weight excluding hydrogens is 645 g/mol. The monoisotopic (exact) mass is 691 g/mol. The number of hydrogen-bond acceptors (Lipinski definition) is 9. The molecule has 0 saturated heterocycles. The highest BCUT2D eigenvalue weighted by atomic mass is 79.9. The Labute approximate surface area is 273 Å². The van der Waals surface area contributed by atoms with E-state index in [0.29, 0.717) is 42.9 Å². The second kappa shape index (κ2) is 12.7. The van der Waals surface area contributed by atoms with Gasteiger partial charge in [0.2, 0.25) is 0 Å². The van der Waals surface area contributed by atoms with Gasteiger partial charge in [0.05, 0.1) is 18.4 Å². The largest absolute Gasteiger partial charge is 0.490 e. The Hall–Kier alpha value is -2.31. The predicted molar refractivity (Wildman–Crippen MR) is 175 cm³/mol. The van der Waals surface area contributed by atoms with Crippen LogP contribution in [0.5, 0.6) is 5.75 Å². The molecule has 1 aromatic rings. The Balaban J connectivity index is 1.37. The molecule has 0 spiro atoms. The van der Waals surface area contributed by atoms with Crippen molar-refractivity contribution in [1.29, 1.82) is 0 Å². The Morgan fingerprint density at radius 2 is 1.89 bits per heavy atom. The fraction of sp³-hybridized carbons (Fsp3) is 0.647. The van der Waals surface area contributed by atoms with Crippen molar-refractivity contribution in [2.45, 2.75) is 77.0 Å². The van der Waals surface area contributed by atoms with Gasteiger partial charge in [0.25, 0.3) is 0 Å². The van der Waals surface area contributed by atoms with Crippen molar-refractivity contribution in [3.8, 4) is 5.75 Å². The fourth-order valence-corrected chi connectivity index (χ4v) is 9.11. The predicted octanol–water partition coefficient (Wildman–Crippen LogP) is 5.25. The standard InChI is InChI=1S/C34H47BrFN3O6/c1-31(2,42)45-34(29(20-40)37-39(5)6)14-12-25-24-18-27(36)26-17-22(38-44-16-15-43-23-9-7-21(35)8-10-23)11-13-32(26,3)30(24)28(41)19-33(25,34)4/h7-11,13,17,24-25,27-28,30,40-42H,12,14-16,18-20H2,1-6H3/b37-29+,38-22+/t24?,25?,27-,28?,30+,32?,33?,34-/m0/s1. The molecule has 4 aliphatic carbocycles. The number of allylic oxidation sites excluding steroid dienone is 4. The van der Waals surface area contributed by atoms with Crippen molar-refractivity contribution in [3.05, 3.63) is 52.5 Å². The van der Waals surface area contributed by atoms with Crippen molar-refractivity contribution in [3.63, 3.8) is 0 Å². The van der Waals surface area contributed by atoms with Gasteiger partial charge in [0, 0.05) is 35.3 Å². The van der Waals surface area contributed by atoms with E-state index in [4.69, 9.17) is 14.3 Å². The van der Waals surface area contributed by atoms with E-state index in [2.05, 4.69) is 33.1 Å². The number of hydrogen-bond donors (Lipinski definition) is 3. The van der Waals surface area contributed by atoms with Crippen LogP contribution in [0.2, 0.25) is 0 Å². The number of halogens is 2. The van der Waals surface area contributed by atoms with Crippen molar-refractivity contribution in [2.75, 3.05) is 33.9 Å². The average Bonchev–Trinajstić information content (AvgIpc) is 3.23. The summed E-state index contributed by atoms with van der Waals surface area (Å²) in [5.74, 6) is -1.20. The lowest BCUT2D eigenvalue weighted by molar-refractivity contribution is -0.264. The second-order valence-corrected chi connectivity index (χ2v) is 14.9. The molecule has 11 heteroatoms. The van der Waals surface area contributed by atoms with Gasteiger partial charge in [-0.05, 0) is 93.4 Å². The molecule has 5 rings (SSSR count). The molecule has 0 amide bonds. The van der Waals surface area contributed by atoms with Crippen LogP contribution in [0.4, 0.5) is 4.39 Å². The zero-order valence-electron chi connectivity index (χ0n) is 27.0. The molecule has 1 aromatic carbocycles. The quantitative estimate of drug-likeness (QED) is 0.133. The van der Waals surface area contributed by atoms with E-state index in [0.717, 1.165) is 10.2 Å². The van der Waals surface area contributed by atoms with Crippen LogP contribution in [0, 0.1) is 28.6 Å². The highest BCUT2D eigenvalue weighted by Crippen LogP contribution is 2.68. The number of rotatable bonds is 10. The molecule has 45 heavy (non-hydrogen) atoms. The lowest BCUT2D eigenvalue weighted by Crippen LogP contribution is -2.64. The number of hydrazone groups is 1. The second-order valence-electron chi connectivity index (χ2n) is 14.0. The molecular formula is C34H47BrFN3O6. The summed E-state index contributed by atoms with van der Waals surface area (Å²) in [7, 11) is 3.54. The molecule has 3 N–H and O–H groups in total. The number of aliphatic hydroxyl groups excluding tert-OH is 2. The summed E-state index contributed by atoms with van der Waals surface area (Å²) in [6.45, 7) is 7.39. The number of oxime groups is 1. The third-order valence-corrected chi connectivity index (χ3v) is 10.9. The van der Waals surface area contributed by atoms with E-state index in [9.17, 15) is 15.3 Å². The number of benzene rings is 1. The van der Waals surface area contributed by atoms with Gasteiger partial charge in [-0.15, -0.1) is 0 Å². The van der Waals surface area contributed by atoms with Crippen LogP contribution >= 0.6 is 15.9 Å². The number of fused-ring (bicyclic) bond motifs is 5. The maximum absolute atomic E-state index is 16.3. The van der Waals surface area contributed by atoms with Crippen LogP contribution in [0.25, 0.3) is 0 Å². The Morgan fingerprint density at radius 1 is 1.18 bits per heavy atom. The summed E-state index contributed by atoms with van der Waals surface area (Å²) in [6.07, 6.45) is 5.37. The molecule has 8 atom stereocenters. The van der Waals surface area contributed by atoms with E-state index in [1.54, 1.807) is 39.0 Å². The topological polar surface area (TPSA) is 116 Å². The van der Waals surface area contributed by atoms with E-state index in [-0.39, 0.29) is 37.4 Å². The molecule has 4 aliphatic rings. The number of aliphatic hydroxyl groups is 3. The Kier molecular flexibility index (Phi) is 9.61. The molecule has 3 fully saturated rings. The van der Waals surface area contributed by atoms with Crippen molar-refractivity contribution in [2.24, 2.45) is 38.8 Å². The zero-order chi connectivity index (χ0) is 32.8. The first-order valence-corrected chi connectivity index (χ1v) is 16.5. The summed E-state index contributed by atoms with van der Waals surface area (Å²) in [6, 6.07) is 7.52. The summed E-state index contributed by atoms with van der Waals surface area (Å²) in [5.41, 5.74) is -1.03. The molecule has 248 valence electrons. The van der Waals surface area contributed by atoms with Gasteiger partial charge in [-0.25, -0.2) is 4.39 Å². The molecule has 0 aliphatic heterocycles. The Morgan fingerprint density at radius 3 is 2.53 bits per heavy atom. The van der Waals surface area contributed by atoms with Gasteiger partial charge in [0.1, 0.15) is 29.8 Å². The fourth-order valence-electron chi connectivity index (χ4n) is 8.85. The molecule has 0 heterocycles. The van der Waals surface area contributed by atoms with Gasteiger partial charge in [-0.2, -0.15) is 5.10 Å². The maximum Gasteiger partial charge on any atom is 0.161 e. The number of alkyl halides is 1. The van der Waals surface area contributed by atoms with Crippen LogP contribution in [-0.2, 0) is 9.57 Å². The van der Waals surface area contributed by atoms with Crippen molar-refractivity contribution < 1.29 is 34.0 Å². The minimum absolute atomic E-state index is 0.0266. The highest BCUT2D eigenvalue weighted by molar-refractivity contribution is 9.10. The molecule has 9 nitrogen and oxygen atoms in total. The minimum Gasteiger partial charge on any atom is -0.490 e. The van der Waals surface area contributed by atoms with E-state index < -0.39 is 34.5 Å². The number of ether oxygens (including phenoxy) is 2. The van der Waals surface area contributed by atoms with Crippen LogP contribution in [0.3, 0.4) is 0 Å². The van der Waals surface area contributed by atoms with Crippen LogP contribution in [0.15, 0.2) is 62.8 Å². The third-order valence-electron chi connectivity index (χ3n) is 10.4. The molecule has 0 aromatic heterocycles. The number of nitrogens with zero attached hydrogens (tertiary/aromatic N) is 3. The third kappa shape index (κ3) is 6.35. The lowest BCUT2D eigenvalue weighted by Gasteiger charge is -2.61. The van der Waals surface area contributed by atoms with Gasteiger partial charge in [-0.3, -0.25) is 0 Å². The summed E-state index contributed by atoms with van der Waals surface area (Å²) >= 11 is 3.40. The average molecular weight is 693 g/mol. The van der Waals surface area contributed by atoms with Gasteiger partial charge in [0.15, 0.2) is 12.4 Å². The molecule has 0 bridgehead atoms. The van der Waals surface area contributed by atoms with E-state index in [1.165, 1.54) is 0 Å². The summed E-state index contributed by atoms with van der Waals surface area (Å²) < 4.78 is 29.4. The van der Waals surface area contributed by atoms with E-state index >= 15 is 4.39 Å². The molecule has 3 saturated carbocycles. The zero-order valence-corrected chi connectivity index (χ0v) is 28.6. The van der Waals surface area contributed by atoms with Gasteiger partial charge < -0.3 is 34.6 Å². The first-order valence-electron chi connectivity index (χ1n) is 15.7. The summed E-state index contributed by atoms with van der Waals surface area (Å²) in [4.78, 5) is 5.50. The van der Waals surface area contributed by atoms with Crippen LogP contribution in [-0.4, -0.2) is 89.3 Å². The SMILES string of the molecule is CN(C)/N=C(\CO)[C@@]1(OC(C)(C)O)CCC2C3C[C@H](F)C4=C/C(=N/OCCOc5ccc(Br)cc5)C=CC4(C)[C@H]3C(O)CC21C. The van der Waals surface area contributed by atoms with E-state index in [1.807, 2.05) is 43.3 Å². The van der Waals surface area contributed by atoms with Gasteiger partial charge in [-0.1, -0.05) is 41.0 Å². The lowest BCUT2D eigenvalue weighted by atomic mass is 9.46. The maximum atomic E-state index is 16.3. The first-order chi connectivity index (χ1) is 21.1. The summed E-state index contributed by atoms with van der Waals surface area (Å²) in [5, 5.41) is 43.8. The van der Waals surface area contributed by atoms with Crippen LogP contribution < -0.4 is 4.74 Å². The van der Waals surface area contributed by atoms with Crippen molar-refractivity contribution >= 4 is 27.4 Å². The van der Waals surface area contributed by atoms with Crippen molar-refractivity contribution in [1.82, 2.24) is 5.01 Å². The Bertz CT molecular complexity index is 1360. The highest BCUT2D eigenvalue weighted by Gasteiger charge is 2.70. The van der Waals surface area contributed by atoms with Crippen LogP contribution in [0.1, 0.15) is 53.4 Å². The minimum atomic E-state index is -1.52. The molecule has 0 radical (unpaired) electrons.